The highest BCUT2D eigenvalue weighted by atomic mass is 35.5. The number of hydrogen-bond donors (Lipinski definition) is 1. The van der Waals surface area contributed by atoms with E-state index in [2.05, 4.69) is 6.07 Å². The molecule has 0 heterocycles. The van der Waals surface area contributed by atoms with Crippen molar-refractivity contribution < 1.29 is 4.74 Å². The summed E-state index contributed by atoms with van der Waals surface area (Å²) in [5.74, 6) is 1.38. The molecule has 0 atom stereocenters. The van der Waals surface area contributed by atoms with Crippen LogP contribution in [-0.4, -0.2) is 0 Å². The molecular formula is C12H9ClNO. The van der Waals surface area contributed by atoms with Crippen molar-refractivity contribution in [3.63, 3.8) is 0 Å². The molecule has 0 aromatic heterocycles. The van der Waals surface area contributed by atoms with Crippen molar-refractivity contribution in [1.29, 1.82) is 0 Å². The second-order valence-electron chi connectivity index (χ2n) is 3.04. The summed E-state index contributed by atoms with van der Waals surface area (Å²) in [6.45, 7) is 0. The molecule has 0 fully saturated rings. The quantitative estimate of drug-likeness (QED) is 0.783. The van der Waals surface area contributed by atoms with Crippen LogP contribution in [0.15, 0.2) is 42.5 Å². The summed E-state index contributed by atoms with van der Waals surface area (Å²) in [4.78, 5) is 0. The van der Waals surface area contributed by atoms with Crippen LogP contribution in [0.4, 0.5) is 5.69 Å². The van der Waals surface area contributed by atoms with Crippen molar-refractivity contribution in [3.05, 3.63) is 53.6 Å². The van der Waals surface area contributed by atoms with Crippen LogP contribution in [0.5, 0.6) is 11.5 Å². The highest BCUT2D eigenvalue weighted by Gasteiger charge is 1.97. The largest absolute Gasteiger partial charge is 0.457 e. The highest BCUT2D eigenvalue weighted by Crippen LogP contribution is 2.24. The fourth-order valence-electron chi connectivity index (χ4n) is 1.15. The maximum atomic E-state index is 5.83. The van der Waals surface area contributed by atoms with Crippen LogP contribution >= 0.6 is 11.6 Å². The fourth-order valence-corrected chi connectivity index (χ4v) is 1.33. The van der Waals surface area contributed by atoms with E-state index >= 15 is 0 Å². The molecule has 0 saturated heterocycles. The molecule has 0 aliphatic rings. The maximum absolute atomic E-state index is 5.83. The van der Waals surface area contributed by atoms with E-state index in [1.54, 1.807) is 30.3 Å². The minimum absolute atomic E-state index is 0.591. The summed E-state index contributed by atoms with van der Waals surface area (Å²) in [6.07, 6.45) is 0. The second-order valence-corrected chi connectivity index (χ2v) is 3.48. The Morgan fingerprint density at radius 3 is 2.67 bits per heavy atom. The van der Waals surface area contributed by atoms with E-state index in [1.807, 2.05) is 12.1 Å². The molecule has 2 nitrogen and oxygen atoms in total. The van der Waals surface area contributed by atoms with Gasteiger partial charge in [0.2, 0.25) is 0 Å². The summed E-state index contributed by atoms with van der Waals surface area (Å²) in [7, 11) is 0. The van der Waals surface area contributed by atoms with Gasteiger partial charge in [0.15, 0.2) is 0 Å². The molecule has 0 spiro atoms. The molecule has 0 bridgehead atoms. The maximum Gasteiger partial charge on any atom is 0.128 e. The lowest BCUT2D eigenvalue weighted by Crippen LogP contribution is -1.86. The van der Waals surface area contributed by atoms with Gasteiger partial charge in [-0.1, -0.05) is 17.7 Å². The summed E-state index contributed by atoms with van der Waals surface area (Å²) in [6, 6.07) is 15.3. The Bertz CT molecular complexity index is 453. The molecule has 75 valence electrons. The van der Waals surface area contributed by atoms with Crippen molar-refractivity contribution in [2.45, 2.75) is 0 Å². The predicted molar refractivity (Wildman–Crippen MR) is 61.2 cm³/mol. The van der Waals surface area contributed by atoms with Crippen LogP contribution < -0.4 is 10.5 Å². The fraction of sp³-hybridized carbons (Fsp3) is 0. The second kappa shape index (κ2) is 4.24. The summed E-state index contributed by atoms with van der Waals surface area (Å²) >= 11 is 5.83. The zero-order chi connectivity index (χ0) is 10.7. The zero-order valence-corrected chi connectivity index (χ0v) is 8.66. The molecule has 0 aliphatic carbocycles. The Morgan fingerprint density at radius 2 is 2.00 bits per heavy atom. The molecule has 2 aromatic rings. The molecule has 0 aliphatic heterocycles. The van der Waals surface area contributed by atoms with E-state index in [9.17, 15) is 0 Å². The highest BCUT2D eigenvalue weighted by molar-refractivity contribution is 6.30. The third-order valence-corrected chi connectivity index (χ3v) is 2.08. The molecular weight excluding hydrogens is 210 g/mol. The van der Waals surface area contributed by atoms with Gasteiger partial charge < -0.3 is 10.5 Å². The summed E-state index contributed by atoms with van der Waals surface area (Å²) in [5.41, 5.74) is 6.10. The van der Waals surface area contributed by atoms with Crippen LogP contribution in [0.3, 0.4) is 0 Å². The lowest BCUT2D eigenvalue weighted by Gasteiger charge is -2.05. The zero-order valence-electron chi connectivity index (χ0n) is 7.91. The van der Waals surface area contributed by atoms with Crippen LogP contribution in [-0.2, 0) is 0 Å². The molecule has 3 heteroatoms. The Kier molecular flexibility index (Phi) is 2.79. The van der Waals surface area contributed by atoms with Gasteiger partial charge >= 0.3 is 0 Å². The van der Waals surface area contributed by atoms with Gasteiger partial charge in [0.1, 0.15) is 11.5 Å². The lowest BCUT2D eigenvalue weighted by molar-refractivity contribution is 0.482. The number of hydrogen-bond acceptors (Lipinski definition) is 2. The molecule has 15 heavy (non-hydrogen) atoms. The van der Waals surface area contributed by atoms with Crippen LogP contribution in [0, 0.1) is 6.07 Å². The van der Waals surface area contributed by atoms with E-state index in [4.69, 9.17) is 22.1 Å². The van der Waals surface area contributed by atoms with E-state index < -0.39 is 0 Å². The van der Waals surface area contributed by atoms with Crippen molar-refractivity contribution in [2.75, 3.05) is 5.73 Å². The van der Waals surface area contributed by atoms with Crippen LogP contribution in [0.2, 0.25) is 5.02 Å². The van der Waals surface area contributed by atoms with E-state index in [-0.39, 0.29) is 0 Å². The molecule has 0 saturated carbocycles. The van der Waals surface area contributed by atoms with Crippen molar-refractivity contribution in [3.8, 4) is 11.5 Å². The van der Waals surface area contributed by atoms with Gasteiger partial charge in [0.25, 0.3) is 0 Å². The van der Waals surface area contributed by atoms with E-state index in [1.165, 1.54) is 0 Å². The molecule has 2 N–H and O–H groups in total. The smallest absolute Gasteiger partial charge is 0.128 e. The lowest BCUT2D eigenvalue weighted by atomic mass is 10.3. The summed E-state index contributed by atoms with van der Waals surface area (Å²) in [5, 5.41) is 0.645. The van der Waals surface area contributed by atoms with Gasteiger partial charge in [-0.25, -0.2) is 0 Å². The predicted octanol–water partition coefficient (Wildman–Crippen LogP) is 3.51. The van der Waals surface area contributed by atoms with Crippen molar-refractivity contribution in [2.24, 2.45) is 0 Å². The molecule has 2 rings (SSSR count). The molecule has 2 aromatic carbocycles. The van der Waals surface area contributed by atoms with E-state index in [0.717, 1.165) is 0 Å². The van der Waals surface area contributed by atoms with Crippen LogP contribution in [0.25, 0.3) is 0 Å². The summed E-state index contributed by atoms with van der Waals surface area (Å²) < 4.78 is 5.54. The first kappa shape index (κ1) is 9.87. The number of nitrogens with two attached hydrogens (primary N) is 1. The van der Waals surface area contributed by atoms with Crippen molar-refractivity contribution >= 4 is 17.3 Å². The third kappa shape index (κ3) is 2.64. The number of rotatable bonds is 2. The number of benzene rings is 2. The van der Waals surface area contributed by atoms with Crippen LogP contribution in [0.1, 0.15) is 0 Å². The van der Waals surface area contributed by atoms with Crippen molar-refractivity contribution in [1.82, 2.24) is 0 Å². The Balaban J connectivity index is 2.18. The third-order valence-electron chi connectivity index (χ3n) is 1.84. The van der Waals surface area contributed by atoms with Gasteiger partial charge in [0, 0.05) is 16.8 Å². The number of ether oxygens (including phenoxy) is 1. The minimum Gasteiger partial charge on any atom is -0.457 e. The van der Waals surface area contributed by atoms with Gasteiger partial charge in [-0.15, -0.1) is 0 Å². The van der Waals surface area contributed by atoms with Gasteiger partial charge in [0.05, 0.1) is 0 Å². The monoisotopic (exact) mass is 218 g/mol. The topological polar surface area (TPSA) is 35.2 Å². The molecule has 0 amide bonds. The Morgan fingerprint density at radius 1 is 1.13 bits per heavy atom. The van der Waals surface area contributed by atoms with Gasteiger partial charge in [-0.2, -0.15) is 0 Å². The molecule has 0 unspecified atom stereocenters. The number of anilines is 1. The minimum atomic E-state index is 0.591. The first-order chi connectivity index (χ1) is 7.24. The standard InChI is InChI=1S/C12H9ClNO/c13-9-2-1-3-12(8-9)15-11-6-4-10(14)5-7-11/h1-4,6-8H,14H2. The SMILES string of the molecule is Nc1[c]cc(Oc2cccc(Cl)c2)cc1. The van der Waals surface area contributed by atoms with Gasteiger partial charge in [-0.05, 0) is 36.4 Å². The first-order valence-corrected chi connectivity index (χ1v) is 4.82. The number of halogens is 1. The average Bonchev–Trinajstić information content (AvgIpc) is 2.22. The first-order valence-electron chi connectivity index (χ1n) is 4.45. The van der Waals surface area contributed by atoms with Gasteiger partial charge in [-0.3, -0.25) is 0 Å². The van der Waals surface area contributed by atoms with E-state index in [0.29, 0.717) is 22.2 Å². The average molecular weight is 219 g/mol. The molecule has 1 radical (unpaired) electrons. The Hall–Kier alpha value is -1.67. The number of nitrogen functional groups attached to an aromatic ring is 1. The Labute approximate surface area is 93.2 Å². The normalized spacial score (nSPS) is 9.93.